The van der Waals surface area contributed by atoms with Crippen LogP contribution in [0.1, 0.15) is 43.4 Å². The van der Waals surface area contributed by atoms with Gasteiger partial charge in [0.15, 0.2) is 0 Å². The molecule has 0 amide bonds. The van der Waals surface area contributed by atoms with Crippen molar-refractivity contribution >= 4 is 0 Å². The summed E-state index contributed by atoms with van der Waals surface area (Å²) in [5, 5.41) is 0. The summed E-state index contributed by atoms with van der Waals surface area (Å²) in [6.45, 7) is 5.96. The van der Waals surface area contributed by atoms with E-state index in [1.807, 2.05) is 18.2 Å². The van der Waals surface area contributed by atoms with Gasteiger partial charge < -0.3 is 5.73 Å². The largest absolute Gasteiger partial charge is 0.330 e. The number of halogens is 1. The van der Waals surface area contributed by atoms with Gasteiger partial charge in [-0.2, -0.15) is 0 Å². The molecule has 0 atom stereocenters. The second-order valence-corrected chi connectivity index (χ2v) is 5.49. The number of hydrogen-bond donors (Lipinski definition) is 1. The normalized spacial score (nSPS) is 18.6. The van der Waals surface area contributed by atoms with Gasteiger partial charge in [-0.1, -0.05) is 18.2 Å². The average molecular weight is 221 g/mol. The first-order valence-electron chi connectivity index (χ1n) is 5.90. The Morgan fingerprint density at radius 2 is 2.00 bits per heavy atom. The van der Waals surface area contributed by atoms with Crippen LogP contribution in [0.25, 0.3) is 0 Å². The molecule has 0 unspecified atom stereocenters. The summed E-state index contributed by atoms with van der Waals surface area (Å²) in [5.41, 5.74) is 7.95. The van der Waals surface area contributed by atoms with Gasteiger partial charge in [0.2, 0.25) is 0 Å². The topological polar surface area (TPSA) is 26.0 Å². The van der Waals surface area contributed by atoms with E-state index in [1.165, 1.54) is 11.1 Å². The van der Waals surface area contributed by atoms with E-state index in [4.69, 9.17) is 5.73 Å². The van der Waals surface area contributed by atoms with Crippen LogP contribution in [0.15, 0.2) is 18.2 Å². The van der Waals surface area contributed by atoms with Crippen LogP contribution in [0.5, 0.6) is 0 Å². The van der Waals surface area contributed by atoms with Crippen molar-refractivity contribution in [2.24, 2.45) is 5.73 Å². The summed E-state index contributed by atoms with van der Waals surface area (Å²) in [7, 11) is 0. The molecule has 0 radical (unpaired) electrons. The van der Waals surface area contributed by atoms with Crippen LogP contribution in [0.3, 0.4) is 0 Å². The quantitative estimate of drug-likeness (QED) is 0.833. The predicted molar refractivity (Wildman–Crippen MR) is 65.3 cm³/mol. The Morgan fingerprint density at radius 1 is 1.38 bits per heavy atom. The van der Waals surface area contributed by atoms with E-state index in [0.29, 0.717) is 6.54 Å². The molecule has 2 heteroatoms. The Morgan fingerprint density at radius 3 is 2.44 bits per heavy atom. The summed E-state index contributed by atoms with van der Waals surface area (Å²) >= 11 is 0. The smallest absolute Gasteiger partial charge is 0.130 e. The highest BCUT2D eigenvalue weighted by atomic mass is 19.1. The molecule has 0 spiro atoms. The fraction of sp³-hybridized carbons (Fsp3) is 0.571. The van der Waals surface area contributed by atoms with E-state index in [9.17, 15) is 4.39 Å². The van der Waals surface area contributed by atoms with Crippen molar-refractivity contribution < 1.29 is 4.39 Å². The fourth-order valence-corrected chi connectivity index (χ4v) is 2.30. The SMILES string of the molecule is Cc1ccc(C(C)(C)F)cc1C1(CN)CC1. The molecule has 1 aromatic rings. The van der Waals surface area contributed by atoms with Gasteiger partial charge in [0.25, 0.3) is 0 Å². The van der Waals surface area contributed by atoms with Gasteiger partial charge in [-0.25, -0.2) is 4.39 Å². The van der Waals surface area contributed by atoms with Gasteiger partial charge in [-0.15, -0.1) is 0 Å². The van der Waals surface area contributed by atoms with Crippen molar-refractivity contribution in [3.8, 4) is 0 Å². The second-order valence-electron chi connectivity index (χ2n) is 5.49. The Kier molecular flexibility index (Phi) is 2.58. The van der Waals surface area contributed by atoms with Gasteiger partial charge in [0, 0.05) is 12.0 Å². The fourth-order valence-electron chi connectivity index (χ4n) is 2.30. The van der Waals surface area contributed by atoms with Gasteiger partial charge >= 0.3 is 0 Å². The number of nitrogens with two attached hydrogens (primary N) is 1. The van der Waals surface area contributed by atoms with Gasteiger partial charge in [0.05, 0.1) is 0 Å². The van der Waals surface area contributed by atoms with Crippen LogP contribution in [-0.2, 0) is 11.1 Å². The van der Waals surface area contributed by atoms with Crippen molar-refractivity contribution in [1.29, 1.82) is 0 Å². The highest BCUT2D eigenvalue weighted by Crippen LogP contribution is 2.49. The molecule has 0 heterocycles. The molecule has 1 saturated carbocycles. The Labute approximate surface area is 96.9 Å². The maximum absolute atomic E-state index is 13.9. The molecule has 16 heavy (non-hydrogen) atoms. The van der Waals surface area contributed by atoms with E-state index in [2.05, 4.69) is 6.92 Å². The predicted octanol–water partition coefficient (Wildman–Crippen LogP) is 3.19. The molecule has 2 N–H and O–H groups in total. The summed E-state index contributed by atoms with van der Waals surface area (Å²) in [6, 6.07) is 5.91. The van der Waals surface area contributed by atoms with Gasteiger partial charge in [-0.05, 0) is 50.3 Å². The number of aryl methyl sites for hydroxylation is 1. The zero-order chi connectivity index (χ0) is 12.0. The van der Waals surface area contributed by atoms with Gasteiger partial charge in [-0.3, -0.25) is 0 Å². The first-order chi connectivity index (χ1) is 7.39. The molecule has 0 bridgehead atoms. The molecule has 1 fully saturated rings. The molecular formula is C14H20FN. The number of benzene rings is 1. The van der Waals surface area contributed by atoms with Crippen LogP contribution < -0.4 is 5.73 Å². The minimum absolute atomic E-state index is 0.144. The van der Waals surface area contributed by atoms with E-state index < -0.39 is 5.67 Å². The van der Waals surface area contributed by atoms with Crippen LogP contribution in [0.4, 0.5) is 4.39 Å². The van der Waals surface area contributed by atoms with Crippen LogP contribution in [0.2, 0.25) is 0 Å². The lowest BCUT2D eigenvalue weighted by Crippen LogP contribution is -2.22. The van der Waals surface area contributed by atoms with Crippen molar-refractivity contribution in [2.75, 3.05) is 6.54 Å². The molecule has 0 aromatic heterocycles. The number of alkyl halides is 1. The summed E-state index contributed by atoms with van der Waals surface area (Å²) in [4.78, 5) is 0. The summed E-state index contributed by atoms with van der Waals surface area (Å²) in [5.74, 6) is 0. The lowest BCUT2D eigenvalue weighted by Gasteiger charge is -2.21. The van der Waals surface area contributed by atoms with Crippen molar-refractivity contribution in [2.45, 2.75) is 44.7 Å². The zero-order valence-electron chi connectivity index (χ0n) is 10.3. The monoisotopic (exact) mass is 221 g/mol. The first-order valence-corrected chi connectivity index (χ1v) is 5.90. The molecule has 88 valence electrons. The van der Waals surface area contributed by atoms with Crippen molar-refractivity contribution in [3.63, 3.8) is 0 Å². The number of hydrogen-bond acceptors (Lipinski definition) is 1. The summed E-state index contributed by atoms with van der Waals surface area (Å²) < 4.78 is 13.9. The van der Waals surface area contributed by atoms with Crippen molar-refractivity contribution in [1.82, 2.24) is 0 Å². The summed E-state index contributed by atoms with van der Waals surface area (Å²) in [6.07, 6.45) is 2.28. The standard InChI is InChI=1S/C14H20FN/c1-10-4-5-11(13(2,3)15)8-12(10)14(9-16)6-7-14/h4-5,8H,6-7,9,16H2,1-3H3. The molecule has 0 aliphatic heterocycles. The minimum atomic E-state index is -1.27. The lowest BCUT2D eigenvalue weighted by atomic mass is 9.87. The maximum atomic E-state index is 13.9. The Bertz CT molecular complexity index is 400. The highest BCUT2D eigenvalue weighted by Gasteiger charge is 2.44. The third kappa shape index (κ3) is 1.86. The molecule has 1 nitrogen and oxygen atoms in total. The Balaban J connectivity index is 2.46. The van der Waals surface area contributed by atoms with Crippen LogP contribution >= 0.6 is 0 Å². The van der Waals surface area contributed by atoms with Crippen LogP contribution in [0, 0.1) is 6.92 Å². The molecular weight excluding hydrogens is 201 g/mol. The van der Waals surface area contributed by atoms with E-state index in [0.717, 1.165) is 18.4 Å². The second kappa shape index (κ2) is 3.56. The Hall–Kier alpha value is -0.890. The van der Waals surface area contributed by atoms with Crippen LogP contribution in [-0.4, -0.2) is 6.54 Å². The third-order valence-electron chi connectivity index (χ3n) is 3.74. The molecule has 2 rings (SSSR count). The minimum Gasteiger partial charge on any atom is -0.330 e. The highest BCUT2D eigenvalue weighted by molar-refractivity contribution is 5.42. The average Bonchev–Trinajstić information content (AvgIpc) is 2.97. The van der Waals surface area contributed by atoms with E-state index in [-0.39, 0.29) is 5.41 Å². The maximum Gasteiger partial charge on any atom is 0.130 e. The van der Waals surface area contributed by atoms with E-state index in [1.54, 1.807) is 13.8 Å². The molecule has 1 aliphatic rings. The molecule has 1 aromatic carbocycles. The zero-order valence-corrected chi connectivity index (χ0v) is 10.3. The van der Waals surface area contributed by atoms with Crippen molar-refractivity contribution in [3.05, 3.63) is 34.9 Å². The first kappa shape index (κ1) is 11.6. The van der Waals surface area contributed by atoms with E-state index >= 15 is 0 Å². The third-order valence-corrected chi connectivity index (χ3v) is 3.74. The molecule has 1 aliphatic carbocycles. The lowest BCUT2D eigenvalue weighted by molar-refractivity contribution is 0.221. The molecule has 0 saturated heterocycles. The van der Waals surface area contributed by atoms with Gasteiger partial charge in [0.1, 0.15) is 5.67 Å². The number of rotatable bonds is 3.